The Balaban J connectivity index is 2.50. The van der Waals surface area contributed by atoms with Gasteiger partial charge in [-0.3, -0.25) is 0 Å². The van der Waals surface area contributed by atoms with E-state index >= 15 is 0 Å². The Morgan fingerprint density at radius 3 is 3.06 bits per heavy atom. The number of nitrogens with zero attached hydrogens (tertiary/aromatic N) is 3. The molecule has 17 heavy (non-hydrogen) atoms. The summed E-state index contributed by atoms with van der Waals surface area (Å²) in [6.45, 7) is 4.39. The third-order valence-electron chi connectivity index (χ3n) is 2.44. The van der Waals surface area contributed by atoms with Crippen molar-refractivity contribution < 1.29 is 0 Å². The summed E-state index contributed by atoms with van der Waals surface area (Å²) in [4.78, 5) is 8.37. The molecule has 0 fully saturated rings. The number of hydrogen-bond donors (Lipinski definition) is 2. The molecule has 0 bridgehead atoms. The predicted octanol–water partition coefficient (Wildman–Crippen LogP) is 1.80. The molecule has 2 rings (SSSR count). The van der Waals surface area contributed by atoms with Crippen molar-refractivity contribution in [1.29, 1.82) is 0 Å². The van der Waals surface area contributed by atoms with Gasteiger partial charge < -0.3 is 15.6 Å². The Morgan fingerprint density at radius 1 is 1.53 bits per heavy atom. The molecule has 2 heterocycles. The van der Waals surface area contributed by atoms with Crippen molar-refractivity contribution in [3.8, 4) is 0 Å². The summed E-state index contributed by atoms with van der Waals surface area (Å²) in [6.07, 6.45) is 7.64. The van der Waals surface area contributed by atoms with Gasteiger partial charge in [0.05, 0.1) is 5.52 Å². The molecule has 0 radical (unpaired) electrons. The van der Waals surface area contributed by atoms with E-state index in [2.05, 4.69) is 26.4 Å². The van der Waals surface area contributed by atoms with Crippen LogP contribution in [0.3, 0.4) is 0 Å². The van der Waals surface area contributed by atoms with E-state index in [1.165, 1.54) is 0 Å². The van der Waals surface area contributed by atoms with Gasteiger partial charge in [0.25, 0.3) is 0 Å². The van der Waals surface area contributed by atoms with Crippen molar-refractivity contribution in [2.24, 2.45) is 0 Å². The highest BCUT2D eigenvalue weighted by atomic mass is 15.1. The molecule has 0 amide bonds. The summed E-state index contributed by atoms with van der Waals surface area (Å²) >= 11 is 0. The maximum absolute atomic E-state index is 5.63. The topological polar surface area (TPSA) is 68.8 Å². The summed E-state index contributed by atoms with van der Waals surface area (Å²) in [6, 6.07) is 1.93. The molecule has 3 N–H and O–H groups in total. The van der Waals surface area contributed by atoms with E-state index < -0.39 is 0 Å². The van der Waals surface area contributed by atoms with Gasteiger partial charge in [0.1, 0.15) is 5.52 Å². The number of nitrogens with one attached hydrogen (secondary N) is 1. The minimum atomic E-state index is 0.279. The van der Waals surface area contributed by atoms with E-state index in [9.17, 15) is 0 Å². The van der Waals surface area contributed by atoms with Crippen LogP contribution in [0.4, 0.5) is 11.8 Å². The van der Waals surface area contributed by atoms with Crippen molar-refractivity contribution in [3.63, 3.8) is 0 Å². The van der Waals surface area contributed by atoms with E-state index in [0.29, 0.717) is 0 Å². The Hall–Kier alpha value is -2.30. The van der Waals surface area contributed by atoms with Crippen LogP contribution in [0.5, 0.6) is 0 Å². The molecule has 2 aromatic heterocycles. The normalized spacial score (nSPS) is 11.1. The molecule has 5 nitrogen and oxygen atoms in total. The average molecular weight is 229 g/mol. The van der Waals surface area contributed by atoms with E-state index in [4.69, 9.17) is 5.73 Å². The van der Waals surface area contributed by atoms with Crippen molar-refractivity contribution in [3.05, 3.63) is 37.1 Å². The third-order valence-corrected chi connectivity index (χ3v) is 2.44. The number of hydrogen-bond acceptors (Lipinski definition) is 4. The largest absolute Gasteiger partial charge is 0.371 e. The lowest BCUT2D eigenvalue weighted by Gasteiger charge is -2.06. The third kappa shape index (κ3) is 2.13. The molecule has 0 aromatic carbocycles. The van der Waals surface area contributed by atoms with Gasteiger partial charge >= 0.3 is 0 Å². The number of nitrogens with two attached hydrogens (primary N) is 1. The first-order valence-electron chi connectivity index (χ1n) is 5.34. The van der Waals surface area contributed by atoms with Crippen molar-refractivity contribution in [2.75, 3.05) is 18.1 Å². The summed E-state index contributed by atoms with van der Waals surface area (Å²) in [7, 11) is 1.82. The van der Waals surface area contributed by atoms with Crippen LogP contribution in [-0.4, -0.2) is 21.6 Å². The minimum Gasteiger partial charge on any atom is -0.371 e. The van der Waals surface area contributed by atoms with Crippen molar-refractivity contribution in [2.45, 2.75) is 6.54 Å². The first kappa shape index (κ1) is 11.2. The summed E-state index contributed by atoms with van der Waals surface area (Å²) in [5.41, 5.74) is 7.43. The number of fused-ring (bicyclic) bond motifs is 1. The molecule has 2 aromatic rings. The zero-order valence-corrected chi connectivity index (χ0v) is 9.72. The average Bonchev–Trinajstić information content (AvgIpc) is 2.71. The van der Waals surface area contributed by atoms with Crippen LogP contribution < -0.4 is 11.1 Å². The molecule has 88 valence electrons. The molecule has 0 unspecified atom stereocenters. The fourth-order valence-corrected chi connectivity index (χ4v) is 1.72. The zero-order valence-electron chi connectivity index (χ0n) is 9.72. The second-order valence-electron chi connectivity index (χ2n) is 3.55. The summed E-state index contributed by atoms with van der Waals surface area (Å²) in [5.74, 6) is 1.02. The maximum Gasteiger partial charge on any atom is 0.222 e. The standard InChI is InChI=1S/C12H15N5/c1-3-4-5-7-17-8-6-9-10(17)11(14-2)16-12(13)15-9/h3-6,8H,1,7H2,2H3,(H3,13,14,15,16)/b5-4+. The van der Waals surface area contributed by atoms with Gasteiger partial charge in [0.2, 0.25) is 5.95 Å². The van der Waals surface area contributed by atoms with Crippen LogP contribution in [-0.2, 0) is 6.54 Å². The first-order valence-corrected chi connectivity index (χ1v) is 5.34. The number of aromatic nitrogens is 3. The van der Waals surface area contributed by atoms with Crippen LogP contribution >= 0.6 is 0 Å². The highest BCUT2D eigenvalue weighted by Crippen LogP contribution is 2.22. The van der Waals surface area contributed by atoms with Crippen LogP contribution in [0.1, 0.15) is 0 Å². The van der Waals surface area contributed by atoms with Gasteiger partial charge in [0.15, 0.2) is 5.82 Å². The monoisotopic (exact) mass is 229 g/mol. The molecule has 0 aliphatic heterocycles. The quantitative estimate of drug-likeness (QED) is 0.784. The Morgan fingerprint density at radius 2 is 2.35 bits per heavy atom. The van der Waals surface area contributed by atoms with Crippen LogP contribution in [0.2, 0.25) is 0 Å². The van der Waals surface area contributed by atoms with E-state index in [-0.39, 0.29) is 5.95 Å². The van der Waals surface area contributed by atoms with Gasteiger partial charge in [0, 0.05) is 19.8 Å². The SMILES string of the molecule is C=C/C=C/Cn1ccc2nc(N)nc(NC)c21. The van der Waals surface area contributed by atoms with E-state index in [1.807, 2.05) is 31.5 Å². The molecule has 5 heteroatoms. The number of nitrogen functional groups attached to an aromatic ring is 1. The minimum absolute atomic E-state index is 0.279. The molecule has 0 atom stereocenters. The first-order chi connectivity index (χ1) is 8.26. The van der Waals surface area contributed by atoms with Crippen LogP contribution in [0.15, 0.2) is 37.1 Å². The van der Waals surface area contributed by atoms with E-state index in [0.717, 1.165) is 23.4 Å². The fourth-order valence-electron chi connectivity index (χ4n) is 1.72. The number of anilines is 2. The van der Waals surface area contributed by atoms with Crippen LogP contribution in [0, 0.1) is 0 Å². The van der Waals surface area contributed by atoms with Gasteiger partial charge in [-0.05, 0) is 6.07 Å². The maximum atomic E-state index is 5.63. The van der Waals surface area contributed by atoms with Gasteiger partial charge in [-0.15, -0.1) is 0 Å². The van der Waals surface area contributed by atoms with Gasteiger partial charge in [-0.2, -0.15) is 4.98 Å². The van der Waals surface area contributed by atoms with Gasteiger partial charge in [-0.25, -0.2) is 4.98 Å². The van der Waals surface area contributed by atoms with E-state index in [1.54, 1.807) is 6.08 Å². The Kier molecular flexibility index (Phi) is 3.09. The smallest absolute Gasteiger partial charge is 0.222 e. The van der Waals surface area contributed by atoms with Crippen molar-refractivity contribution in [1.82, 2.24) is 14.5 Å². The van der Waals surface area contributed by atoms with Gasteiger partial charge in [-0.1, -0.05) is 24.8 Å². The second-order valence-corrected chi connectivity index (χ2v) is 3.55. The molecule has 0 aliphatic rings. The lowest BCUT2D eigenvalue weighted by atomic mass is 10.4. The summed E-state index contributed by atoms with van der Waals surface area (Å²) < 4.78 is 2.06. The molecule has 0 aliphatic carbocycles. The summed E-state index contributed by atoms with van der Waals surface area (Å²) in [5, 5.41) is 3.03. The predicted molar refractivity (Wildman–Crippen MR) is 70.8 cm³/mol. The molecular formula is C12H15N5. The Labute approximate surface area is 99.7 Å². The number of allylic oxidation sites excluding steroid dienone is 3. The zero-order chi connectivity index (χ0) is 12.3. The van der Waals surface area contributed by atoms with Crippen molar-refractivity contribution >= 4 is 22.8 Å². The molecule has 0 saturated carbocycles. The fraction of sp³-hybridized carbons (Fsp3) is 0.167. The number of rotatable bonds is 4. The molecule has 0 saturated heterocycles. The Bertz CT molecular complexity index is 568. The molecular weight excluding hydrogens is 214 g/mol. The highest BCUT2D eigenvalue weighted by molar-refractivity contribution is 5.87. The lowest BCUT2D eigenvalue weighted by molar-refractivity contribution is 0.861. The second kappa shape index (κ2) is 4.69. The lowest BCUT2D eigenvalue weighted by Crippen LogP contribution is -2.03. The highest BCUT2D eigenvalue weighted by Gasteiger charge is 2.08. The molecule has 0 spiro atoms. The van der Waals surface area contributed by atoms with Crippen LogP contribution in [0.25, 0.3) is 11.0 Å².